The van der Waals surface area contributed by atoms with E-state index in [0.29, 0.717) is 11.3 Å². The predicted molar refractivity (Wildman–Crippen MR) is 70.9 cm³/mol. The lowest BCUT2D eigenvalue weighted by Gasteiger charge is -2.07. The van der Waals surface area contributed by atoms with Crippen LogP contribution in [-0.4, -0.2) is 29.6 Å². The Balaban J connectivity index is 2.67. The molecule has 2 aromatic rings. The van der Waals surface area contributed by atoms with Gasteiger partial charge in [0.2, 0.25) is 0 Å². The van der Waals surface area contributed by atoms with Crippen molar-refractivity contribution in [3.8, 4) is 5.75 Å². The Morgan fingerprint density at radius 2 is 2.20 bits per heavy atom. The maximum Gasteiger partial charge on any atom is 0.339 e. The normalized spacial score (nSPS) is 10.3. The van der Waals surface area contributed by atoms with Gasteiger partial charge in [-0.25, -0.2) is 4.79 Å². The summed E-state index contributed by atoms with van der Waals surface area (Å²) in [6, 6.07) is 4.18. The molecule has 0 radical (unpaired) electrons. The van der Waals surface area contributed by atoms with E-state index in [1.54, 1.807) is 6.92 Å². The molecule has 2 rings (SSSR count). The fourth-order valence-corrected chi connectivity index (χ4v) is 1.83. The number of nitro benzene ring substituents is 1. The van der Waals surface area contributed by atoms with Gasteiger partial charge >= 0.3 is 5.97 Å². The highest BCUT2D eigenvalue weighted by Gasteiger charge is 2.18. The number of pyridine rings is 1. The standard InChI is InChI=1S/C13H12N2O5/c1-3-20-13(16)8-6-9-10(15(17)18)4-5-11(19-2)12(9)14-7-8/h4-7H,3H2,1-2H3. The number of hydrogen-bond donors (Lipinski definition) is 0. The minimum atomic E-state index is -0.570. The summed E-state index contributed by atoms with van der Waals surface area (Å²) in [6.07, 6.45) is 1.31. The maximum atomic E-state index is 11.7. The van der Waals surface area contributed by atoms with Gasteiger partial charge in [0.1, 0.15) is 11.3 Å². The Morgan fingerprint density at radius 1 is 1.45 bits per heavy atom. The molecule has 0 aliphatic heterocycles. The van der Waals surface area contributed by atoms with Gasteiger partial charge in [0.25, 0.3) is 5.69 Å². The first-order valence-electron chi connectivity index (χ1n) is 5.86. The van der Waals surface area contributed by atoms with Crippen molar-refractivity contribution in [3.63, 3.8) is 0 Å². The van der Waals surface area contributed by atoms with Crippen LogP contribution in [0.2, 0.25) is 0 Å². The number of hydrogen-bond acceptors (Lipinski definition) is 6. The van der Waals surface area contributed by atoms with Crippen molar-refractivity contribution in [2.24, 2.45) is 0 Å². The van der Waals surface area contributed by atoms with Crippen LogP contribution in [0, 0.1) is 10.1 Å². The van der Waals surface area contributed by atoms with Crippen molar-refractivity contribution in [2.75, 3.05) is 13.7 Å². The number of aromatic nitrogens is 1. The lowest BCUT2D eigenvalue weighted by molar-refractivity contribution is -0.383. The summed E-state index contributed by atoms with van der Waals surface area (Å²) in [5.74, 6) is -0.167. The van der Waals surface area contributed by atoms with Gasteiger partial charge in [0.15, 0.2) is 0 Å². The van der Waals surface area contributed by atoms with E-state index >= 15 is 0 Å². The second-order valence-electron chi connectivity index (χ2n) is 3.88. The molecule has 0 spiro atoms. The van der Waals surface area contributed by atoms with Crippen molar-refractivity contribution in [1.82, 2.24) is 4.98 Å². The molecule has 1 heterocycles. The first-order chi connectivity index (χ1) is 9.58. The highest BCUT2D eigenvalue weighted by molar-refractivity contribution is 5.98. The van der Waals surface area contributed by atoms with Gasteiger partial charge < -0.3 is 9.47 Å². The Hall–Kier alpha value is -2.70. The molecule has 0 bridgehead atoms. The minimum absolute atomic E-state index is 0.139. The molecule has 0 saturated carbocycles. The lowest BCUT2D eigenvalue weighted by Crippen LogP contribution is -2.05. The van der Waals surface area contributed by atoms with Crippen molar-refractivity contribution in [1.29, 1.82) is 0 Å². The first-order valence-corrected chi connectivity index (χ1v) is 5.86. The number of nitro groups is 1. The van der Waals surface area contributed by atoms with Crippen LogP contribution in [0.3, 0.4) is 0 Å². The van der Waals surface area contributed by atoms with E-state index < -0.39 is 10.9 Å². The summed E-state index contributed by atoms with van der Waals surface area (Å²) >= 11 is 0. The van der Waals surface area contributed by atoms with Crippen LogP contribution >= 0.6 is 0 Å². The molecular formula is C13H12N2O5. The SMILES string of the molecule is CCOC(=O)c1cnc2c(OC)ccc([N+](=O)[O-])c2c1. The van der Waals surface area contributed by atoms with Crippen LogP contribution in [0.15, 0.2) is 24.4 Å². The summed E-state index contributed by atoms with van der Waals surface area (Å²) in [7, 11) is 1.45. The van der Waals surface area contributed by atoms with Crippen molar-refractivity contribution >= 4 is 22.6 Å². The van der Waals surface area contributed by atoms with E-state index in [4.69, 9.17) is 9.47 Å². The van der Waals surface area contributed by atoms with Crippen LogP contribution in [0.1, 0.15) is 17.3 Å². The quantitative estimate of drug-likeness (QED) is 0.483. The zero-order chi connectivity index (χ0) is 14.7. The van der Waals surface area contributed by atoms with Crippen LogP contribution in [0.25, 0.3) is 10.9 Å². The summed E-state index contributed by atoms with van der Waals surface area (Å²) in [6.45, 7) is 1.90. The predicted octanol–water partition coefficient (Wildman–Crippen LogP) is 2.33. The molecule has 0 saturated heterocycles. The van der Waals surface area contributed by atoms with E-state index in [-0.39, 0.29) is 23.2 Å². The third-order valence-electron chi connectivity index (χ3n) is 2.72. The molecule has 0 aliphatic carbocycles. The van der Waals surface area contributed by atoms with Crippen LogP contribution in [0.5, 0.6) is 5.75 Å². The smallest absolute Gasteiger partial charge is 0.339 e. The largest absolute Gasteiger partial charge is 0.494 e. The molecule has 7 nitrogen and oxygen atoms in total. The molecule has 0 aliphatic rings. The Kier molecular flexibility index (Phi) is 3.79. The number of esters is 1. The van der Waals surface area contributed by atoms with Gasteiger partial charge in [-0.2, -0.15) is 0 Å². The van der Waals surface area contributed by atoms with Crippen molar-refractivity contribution < 1.29 is 19.2 Å². The highest BCUT2D eigenvalue weighted by Crippen LogP contribution is 2.31. The van der Waals surface area contributed by atoms with Gasteiger partial charge in [-0.1, -0.05) is 0 Å². The average molecular weight is 276 g/mol. The van der Waals surface area contributed by atoms with E-state index in [9.17, 15) is 14.9 Å². The first kappa shape index (κ1) is 13.7. The molecule has 0 N–H and O–H groups in total. The summed E-state index contributed by atoms with van der Waals surface area (Å²) in [5, 5.41) is 11.3. The van der Waals surface area contributed by atoms with Crippen LogP contribution in [-0.2, 0) is 4.74 Å². The van der Waals surface area contributed by atoms with E-state index in [2.05, 4.69) is 4.98 Å². The van der Waals surface area contributed by atoms with Gasteiger partial charge in [0.05, 0.1) is 29.6 Å². The monoisotopic (exact) mass is 276 g/mol. The fraction of sp³-hybridized carbons (Fsp3) is 0.231. The molecular weight excluding hydrogens is 264 g/mol. The highest BCUT2D eigenvalue weighted by atomic mass is 16.6. The zero-order valence-corrected chi connectivity index (χ0v) is 11.0. The molecule has 0 fully saturated rings. The fourth-order valence-electron chi connectivity index (χ4n) is 1.83. The number of methoxy groups -OCH3 is 1. The van der Waals surface area contributed by atoms with E-state index in [1.165, 1.54) is 31.5 Å². The number of benzene rings is 1. The van der Waals surface area contributed by atoms with E-state index in [1.807, 2.05) is 0 Å². The van der Waals surface area contributed by atoms with Gasteiger partial charge in [0, 0.05) is 12.3 Å². The minimum Gasteiger partial charge on any atom is -0.494 e. The number of fused-ring (bicyclic) bond motifs is 1. The topological polar surface area (TPSA) is 91.6 Å². The summed E-state index contributed by atoms with van der Waals surface area (Å²) < 4.78 is 9.96. The van der Waals surface area contributed by atoms with Gasteiger partial charge in [-0.05, 0) is 19.1 Å². The Bertz CT molecular complexity index is 684. The molecule has 0 unspecified atom stereocenters. The van der Waals surface area contributed by atoms with Gasteiger partial charge in [-0.3, -0.25) is 15.1 Å². The second kappa shape index (κ2) is 5.52. The second-order valence-corrected chi connectivity index (χ2v) is 3.88. The molecule has 1 aromatic carbocycles. The number of carbonyl (C=O) groups excluding carboxylic acids is 1. The zero-order valence-electron chi connectivity index (χ0n) is 11.0. The Labute approximate surface area is 114 Å². The van der Waals surface area contributed by atoms with Crippen LogP contribution < -0.4 is 4.74 Å². The number of carbonyl (C=O) groups is 1. The molecule has 7 heteroatoms. The molecule has 0 atom stereocenters. The maximum absolute atomic E-state index is 11.7. The molecule has 0 amide bonds. The summed E-state index contributed by atoms with van der Waals surface area (Å²) in [4.78, 5) is 26.2. The number of ether oxygens (including phenoxy) is 2. The lowest BCUT2D eigenvalue weighted by atomic mass is 10.1. The third kappa shape index (κ3) is 2.37. The summed E-state index contributed by atoms with van der Waals surface area (Å²) in [5.41, 5.74) is 0.352. The molecule has 1 aromatic heterocycles. The number of non-ortho nitro benzene ring substituents is 1. The molecule has 104 valence electrons. The van der Waals surface area contributed by atoms with Gasteiger partial charge in [-0.15, -0.1) is 0 Å². The number of rotatable bonds is 4. The average Bonchev–Trinajstić information content (AvgIpc) is 2.45. The Morgan fingerprint density at radius 3 is 2.80 bits per heavy atom. The van der Waals surface area contributed by atoms with Crippen molar-refractivity contribution in [2.45, 2.75) is 6.92 Å². The molecule has 20 heavy (non-hydrogen) atoms. The van der Waals surface area contributed by atoms with Crippen LogP contribution in [0.4, 0.5) is 5.69 Å². The van der Waals surface area contributed by atoms with Crippen molar-refractivity contribution in [3.05, 3.63) is 40.1 Å². The van der Waals surface area contributed by atoms with E-state index in [0.717, 1.165) is 0 Å². The third-order valence-corrected chi connectivity index (χ3v) is 2.72. The number of nitrogens with zero attached hydrogens (tertiary/aromatic N) is 2.